The molecule has 4 nitrogen and oxygen atoms in total. The fraction of sp³-hybridized carbons (Fsp3) is 0.200. The minimum Gasteiger partial charge on any atom is -0.495 e. The molecule has 0 aliphatic carbocycles. The van der Waals surface area contributed by atoms with Gasteiger partial charge in [-0.1, -0.05) is 0 Å². The van der Waals surface area contributed by atoms with E-state index >= 15 is 0 Å². The van der Waals surface area contributed by atoms with E-state index in [0.717, 1.165) is 11.3 Å². The monoisotopic (exact) mass is 190 g/mol. The van der Waals surface area contributed by atoms with Crippen molar-refractivity contribution in [1.29, 1.82) is 0 Å². The van der Waals surface area contributed by atoms with Gasteiger partial charge in [0.2, 0.25) is 5.89 Å². The highest BCUT2D eigenvalue weighted by Crippen LogP contribution is 2.21. The number of methoxy groups -OCH3 is 1. The van der Waals surface area contributed by atoms with E-state index in [1.165, 1.54) is 0 Å². The predicted molar refractivity (Wildman–Crippen MR) is 51.0 cm³/mol. The van der Waals surface area contributed by atoms with E-state index in [1.54, 1.807) is 25.7 Å². The van der Waals surface area contributed by atoms with Crippen molar-refractivity contribution < 1.29 is 9.15 Å². The quantitative estimate of drug-likeness (QED) is 0.727. The maximum absolute atomic E-state index is 5.36. The van der Waals surface area contributed by atoms with Gasteiger partial charge >= 0.3 is 0 Å². The van der Waals surface area contributed by atoms with Gasteiger partial charge in [0.25, 0.3) is 0 Å². The third-order valence-electron chi connectivity index (χ3n) is 1.82. The van der Waals surface area contributed by atoms with Crippen LogP contribution in [0, 0.1) is 6.92 Å². The summed E-state index contributed by atoms with van der Waals surface area (Å²) >= 11 is 0. The Morgan fingerprint density at radius 2 is 2.14 bits per heavy atom. The van der Waals surface area contributed by atoms with Crippen LogP contribution < -0.4 is 4.74 Å². The number of ether oxygens (including phenoxy) is 1. The van der Waals surface area contributed by atoms with Crippen LogP contribution in [0.15, 0.2) is 29.1 Å². The van der Waals surface area contributed by atoms with E-state index in [4.69, 9.17) is 9.15 Å². The third-order valence-corrected chi connectivity index (χ3v) is 1.82. The van der Waals surface area contributed by atoms with Gasteiger partial charge in [0.15, 0.2) is 0 Å². The molecule has 0 saturated heterocycles. The van der Waals surface area contributed by atoms with E-state index in [1.807, 2.05) is 13.0 Å². The molecule has 0 amide bonds. The second-order valence-corrected chi connectivity index (χ2v) is 2.89. The Balaban J connectivity index is 2.41. The molecule has 0 aliphatic rings. The van der Waals surface area contributed by atoms with Crippen molar-refractivity contribution in [2.45, 2.75) is 6.92 Å². The largest absolute Gasteiger partial charge is 0.495 e. The maximum atomic E-state index is 5.36. The van der Waals surface area contributed by atoms with Crippen LogP contribution in [0.25, 0.3) is 11.5 Å². The summed E-state index contributed by atoms with van der Waals surface area (Å²) < 4.78 is 10.4. The van der Waals surface area contributed by atoms with E-state index in [0.29, 0.717) is 11.6 Å². The highest BCUT2D eigenvalue weighted by Gasteiger charge is 2.05. The summed E-state index contributed by atoms with van der Waals surface area (Å²) in [5.41, 5.74) is 0.817. The highest BCUT2D eigenvalue weighted by molar-refractivity contribution is 5.53. The summed E-state index contributed by atoms with van der Waals surface area (Å²) in [4.78, 5) is 8.12. The van der Waals surface area contributed by atoms with Gasteiger partial charge < -0.3 is 9.15 Å². The van der Waals surface area contributed by atoms with Crippen molar-refractivity contribution in [2.75, 3.05) is 7.11 Å². The molecular formula is C10H10N2O2. The summed E-state index contributed by atoms with van der Waals surface area (Å²) in [5.74, 6) is 2.04. The zero-order valence-electron chi connectivity index (χ0n) is 8.02. The average molecular weight is 190 g/mol. The van der Waals surface area contributed by atoms with Crippen LogP contribution in [0.5, 0.6) is 5.75 Å². The minimum absolute atomic E-state index is 0.564. The number of aryl methyl sites for hydroxylation is 1. The number of oxazole rings is 1. The van der Waals surface area contributed by atoms with Gasteiger partial charge in [-0.2, -0.15) is 0 Å². The molecule has 0 bridgehead atoms. The first kappa shape index (κ1) is 8.74. The molecule has 0 N–H and O–H groups in total. The molecule has 0 radical (unpaired) electrons. The molecule has 0 fully saturated rings. The van der Waals surface area contributed by atoms with E-state index in [2.05, 4.69) is 9.97 Å². The van der Waals surface area contributed by atoms with Gasteiger partial charge in [0, 0.05) is 6.20 Å². The standard InChI is InChI=1S/C10H10N2O2/c1-7-4-12-10(14-7)8-3-9(13-2)6-11-5-8/h3-6H,1-2H3. The van der Waals surface area contributed by atoms with Crippen LogP contribution >= 0.6 is 0 Å². The lowest BCUT2D eigenvalue weighted by molar-refractivity contribution is 0.413. The molecule has 4 heteroatoms. The van der Waals surface area contributed by atoms with Crippen LogP contribution in [-0.4, -0.2) is 17.1 Å². The second kappa shape index (κ2) is 3.49. The van der Waals surface area contributed by atoms with E-state index in [9.17, 15) is 0 Å². The van der Waals surface area contributed by atoms with Crippen molar-refractivity contribution >= 4 is 0 Å². The predicted octanol–water partition coefficient (Wildman–Crippen LogP) is 2.05. The average Bonchev–Trinajstić information content (AvgIpc) is 2.65. The smallest absolute Gasteiger partial charge is 0.227 e. The molecule has 0 atom stereocenters. The first-order valence-electron chi connectivity index (χ1n) is 4.21. The van der Waals surface area contributed by atoms with Gasteiger partial charge in [-0.15, -0.1) is 0 Å². The Kier molecular flexibility index (Phi) is 2.18. The first-order chi connectivity index (χ1) is 6.79. The number of hydrogen-bond donors (Lipinski definition) is 0. The van der Waals surface area contributed by atoms with Gasteiger partial charge in [0.1, 0.15) is 11.5 Å². The van der Waals surface area contributed by atoms with Crippen LogP contribution in [0.1, 0.15) is 5.76 Å². The highest BCUT2D eigenvalue weighted by atomic mass is 16.5. The fourth-order valence-electron chi connectivity index (χ4n) is 1.14. The number of pyridine rings is 1. The number of hydrogen-bond acceptors (Lipinski definition) is 4. The van der Waals surface area contributed by atoms with Crippen molar-refractivity contribution in [3.8, 4) is 17.2 Å². The van der Waals surface area contributed by atoms with Crippen LogP contribution in [0.3, 0.4) is 0 Å². The lowest BCUT2D eigenvalue weighted by Crippen LogP contribution is -1.85. The second-order valence-electron chi connectivity index (χ2n) is 2.89. The molecule has 0 saturated carbocycles. The summed E-state index contributed by atoms with van der Waals surface area (Å²) in [6.07, 6.45) is 5.00. The molecular weight excluding hydrogens is 180 g/mol. The summed E-state index contributed by atoms with van der Waals surface area (Å²) in [6.45, 7) is 1.85. The molecule has 2 rings (SSSR count). The summed E-state index contributed by atoms with van der Waals surface area (Å²) in [5, 5.41) is 0. The molecule has 0 spiro atoms. The molecule has 72 valence electrons. The fourth-order valence-corrected chi connectivity index (χ4v) is 1.14. The molecule has 2 aromatic rings. The van der Waals surface area contributed by atoms with Crippen molar-refractivity contribution in [1.82, 2.24) is 9.97 Å². The normalized spacial score (nSPS) is 10.1. The Morgan fingerprint density at radius 1 is 1.29 bits per heavy atom. The molecule has 2 heterocycles. The molecule has 0 aromatic carbocycles. The van der Waals surface area contributed by atoms with Crippen LogP contribution in [0.2, 0.25) is 0 Å². The maximum Gasteiger partial charge on any atom is 0.227 e. The van der Waals surface area contributed by atoms with Gasteiger partial charge in [-0.05, 0) is 13.0 Å². The van der Waals surface area contributed by atoms with Crippen molar-refractivity contribution in [3.05, 3.63) is 30.4 Å². The number of aromatic nitrogens is 2. The molecule has 2 aromatic heterocycles. The lowest BCUT2D eigenvalue weighted by Gasteiger charge is -1.99. The number of rotatable bonds is 2. The molecule has 0 unspecified atom stereocenters. The van der Waals surface area contributed by atoms with E-state index in [-0.39, 0.29) is 0 Å². The Labute approximate surface area is 81.6 Å². The van der Waals surface area contributed by atoms with Gasteiger partial charge in [-0.3, -0.25) is 4.98 Å². The Hall–Kier alpha value is -1.84. The van der Waals surface area contributed by atoms with E-state index < -0.39 is 0 Å². The Morgan fingerprint density at radius 3 is 2.79 bits per heavy atom. The summed E-state index contributed by atoms with van der Waals surface area (Å²) in [7, 11) is 1.60. The summed E-state index contributed by atoms with van der Waals surface area (Å²) in [6, 6.07) is 1.83. The SMILES string of the molecule is COc1cncc(-c2ncc(C)o2)c1. The minimum atomic E-state index is 0.564. The van der Waals surface area contributed by atoms with Crippen molar-refractivity contribution in [3.63, 3.8) is 0 Å². The van der Waals surface area contributed by atoms with Crippen LogP contribution in [0.4, 0.5) is 0 Å². The molecule has 0 aliphatic heterocycles. The molecule has 14 heavy (non-hydrogen) atoms. The van der Waals surface area contributed by atoms with Crippen molar-refractivity contribution in [2.24, 2.45) is 0 Å². The zero-order valence-corrected chi connectivity index (χ0v) is 8.02. The lowest BCUT2D eigenvalue weighted by atomic mass is 10.3. The zero-order chi connectivity index (χ0) is 9.97. The topological polar surface area (TPSA) is 48.2 Å². The number of nitrogens with zero attached hydrogens (tertiary/aromatic N) is 2. The van der Waals surface area contributed by atoms with Gasteiger partial charge in [-0.25, -0.2) is 4.98 Å². The van der Waals surface area contributed by atoms with Crippen LogP contribution in [-0.2, 0) is 0 Å². The first-order valence-corrected chi connectivity index (χ1v) is 4.21. The Bertz CT molecular complexity index is 437. The third kappa shape index (κ3) is 1.59. The van der Waals surface area contributed by atoms with Gasteiger partial charge in [0.05, 0.1) is 25.1 Å².